The van der Waals surface area contributed by atoms with Gasteiger partial charge in [-0.2, -0.15) is 0 Å². The maximum atomic E-state index is 13.2. The normalized spacial score (nSPS) is 16.0. The van der Waals surface area contributed by atoms with Crippen molar-refractivity contribution in [3.63, 3.8) is 0 Å². The van der Waals surface area contributed by atoms with Crippen molar-refractivity contribution >= 4 is 17.9 Å². The first-order chi connectivity index (χ1) is 24.8. The molecule has 1 aliphatic rings. The summed E-state index contributed by atoms with van der Waals surface area (Å²) in [6.45, 7) is 6.88. The van der Waals surface area contributed by atoms with Gasteiger partial charge in [-0.25, -0.2) is 0 Å². The molecule has 7 heteroatoms. The predicted octanol–water partition coefficient (Wildman–Crippen LogP) is 11.3. The second kappa shape index (κ2) is 33.7. The smallest absolute Gasteiger partial charge is 0.308 e. The first-order valence-corrected chi connectivity index (χ1v) is 21.3. The summed E-state index contributed by atoms with van der Waals surface area (Å²) in [5.41, 5.74) is 0. The Hall–Kier alpha value is -2.15. The lowest BCUT2D eigenvalue weighted by molar-refractivity contribution is -0.152. The van der Waals surface area contributed by atoms with Gasteiger partial charge in [0, 0.05) is 19.4 Å². The number of hydrogen-bond donors (Lipinski definition) is 0. The van der Waals surface area contributed by atoms with Crippen molar-refractivity contribution < 1.29 is 28.6 Å². The highest BCUT2D eigenvalue weighted by Gasteiger charge is 2.31. The molecule has 0 radical (unpaired) electrons. The third kappa shape index (κ3) is 29.0. The van der Waals surface area contributed by atoms with E-state index in [0.29, 0.717) is 38.6 Å². The number of nitrogens with zero attached hydrogens (tertiary/aromatic N) is 1. The molecule has 0 N–H and O–H groups in total. The van der Waals surface area contributed by atoms with Crippen molar-refractivity contribution in [3.8, 4) is 0 Å². The van der Waals surface area contributed by atoms with E-state index >= 15 is 0 Å². The molecule has 1 fully saturated rings. The Labute approximate surface area is 314 Å². The van der Waals surface area contributed by atoms with Gasteiger partial charge < -0.3 is 19.1 Å². The average Bonchev–Trinajstić information content (AvgIpc) is 3.09. The third-order valence-electron chi connectivity index (χ3n) is 10.1. The first-order valence-electron chi connectivity index (χ1n) is 21.3. The Bertz CT molecular complexity index is 857. The quantitative estimate of drug-likeness (QED) is 0.0279. The molecule has 0 atom stereocenters. The number of unbranched alkanes of at least 4 members (excludes halogenated alkanes) is 16. The van der Waals surface area contributed by atoms with Crippen LogP contribution in [-0.4, -0.2) is 63.3 Å². The van der Waals surface area contributed by atoms with Crippen molar-refractivity contribution in [2.75, 3.05) is 40.5 Å². The standard InChI is InChI=1S/C44H79NO6/c1-5-7-9-11-13-21-27-33-49-42(46)31-25-19-15-17-23-29-41(44(48)51-38-40-35-39(36-40)37-45(3)4)30-24-18-16-20-26-32-43(47)50-34-28-22-14-12-10-8-6-2/h21-22,27-28,39-41H,5-20,23-26,29-38H2,1-4H3/b27-21-,28-22-. The van der Waals surface area contributed by atoms with Gasteiger partial charge in [-0.3, -0.25) is 14.4 Å². The first kappa shape index (κ1) is 46.9. The second-order valence-corrected chi connectivity index (χ2v) is 15.4. The number of hydrogen-bond acceptors (Lipinski definition) is 7. The van der Waals surface area contributed by atoms with Crippen LogP contribution in [0.3, 0.4) is 0 Å². The summed E-state index contributed by atoms with van der Waals surface area (Å²) < 4.78 is 16.6. The summed E-state index contributed by atoms with van der Waals surface area (Å²) in [6.07, 6.45) is 35.4. The fourth-order valence-corrected chi connectivity index (χ4v) is 6.93. The van der Waals surface area contributed by atoms with Gasteiger partial charge in [0.05, 0.1) is 12.5 Å². The maximum absolute atomic E-state index is 13.2. The molecule has 1 rings (SSSR count). The highest BCUT2D eigenvalue weighted by molar-refractivity contribution is 5.72. The van der Waals surface area contributed by atoms with Gasteiger partial charge in [-0.05, 0) is 90.1 Å². The largest absolute Gasteiger partial charge is 0.465 e. The van der Waals surface area contributed by atoms with Crippen LogP contribution in [0.1, 0.15) is 181 Å². The van der Waals surface area contributed by atoms with E-state index in [1.54, 1.807) is 0 Å². The number of allylic oxidation sites excluding steroid dienone is 2. The Morgan fingerprint density at radius 2 is 1.02 bits per heavy atom. The molecule has 0 amide bonds. The molecule has 51 heavy (non-hydrogen) atoms. The topological polar surface area (TPSA) is 82.1 Å². The van der Waals surface area contributed by atoms with E-state index in [1.807, 2.05) is 12.2 Å². The zero-order valence-electron chi connectivity index (χ0n) is 33.7. The SMILES string of the molecule is CCCCCC/C=C\COC(=O)CCCCCCCC(CCCCCCCC(=O)OC/C=C\CCCCCC)C(=O)OCC1CC(CN(C)C)C1. The van der Waals surface area contributed by atoms with Crippen molar-refractivity contribution in [2.24, 2.45) is 17.8 Å². The fourth-order valence-electron chi connectivity index (χ4n) is 6.93. The molecular weight excluding hydrogens is 638 g/mol. The van der Waals surface area contributed by atoms with Gasteiger partial charge in [-0.1, -0.05) is 128 Å². The lowest BCUT2D eigenvalue weighted by Gasteiger charge is -2.36. The molecule has 0 spiro atoms. The van der Waals surface area contributed by atoms with Crippen LogP contribution >= 0.6 is 0 Å². The zero-order chi connectivity index (χ0) is 37.2. The van der Waals surface area contributed by atoms with E-state index in [4.69, 9.17) is 14.2 Å². The van der Waals surface area contributed by atoms with Crippen LogP contribution < -0.4 is 0 Å². The van der Waals surface area contributed by atoms with Gasteiger partial charge in [0.2, 0.25) is 0 Å². The van der Waals surface area contributed by atoms with Gasteiger partial charge in [-0.15, -0.1) is 0 Å². The number of rotatable bonds is 35. The monoisotopic (exact) mass is 718 g/mol. The molecule has 1 saturated carbocycles. The minimum Gasteiger partial charge on any atom is -0.465 e. The number of carbonyl (C=O) groups is 3. The zero-order valence-corrected chi connectivity index (χ0v) is 33.7. The van der Waals surface area contributed by atoms with E-state index in [1.165, 1.54) is 51.4 Å². The third-order valence-corrected chi connectivity index (χ3v) is 10.1. The Morgan fingerprint density at radius 1 is 0.569 bits per heavy atom. The molecular formula is C44H79NO6. The number of carbonyl (C=O) groups excluding carboxylic acids is 3. The summed E-state index contributed by atoms with van der Waals surface area (Å²) in [6, 6.07) is 0. The minimum absolute atomic E-state index is 0.0124. The van der Waals surface area contributed by atoms with Crippen molar-refractivity contribution in [1.82, 2.24) is 4.90 Å². The summed E-state index contributed by atoms with van der Waals surface area (Å²) in [7, 11) is 4.24. The number of esters is 3. The van der Waals surface area contributed by atoms with E-state index in [0.717, 1.165) is 115 Å². The Morgan fingerprint density at radius 3 is 1.49 bits per heavy atom. The molecule has 0 aliphatic heterocycles. The van der Waals surface area contributed by atoms with E-state index in [9.17, 15) is 14.4 Å². The lowest BCUT2D eigenvalue weighted by atomic mass is 9.75. The van der Waals surface area contributed by atoms with Crippen LogP contribution in [0.2, 0.25) is 0 Å². The maximum Gasteiger partial charge on any atom is 0.308 e. The molecule has 0 aromatic heterocycles. The van der Waals surface area contributed by atoms with Crippen LogP contribution in [0.25, 0.3) is 0 Å². The molecule has 296 valence electrons. The molecule has 0 aromatic rings. The van der Waals surface area contributed by atoms with Crippen LogP contribution in [0, 0.1) is 17.8 Å². The van der Waals surface area contributed by atoms with E-state index < -0.39 is 0 Å². The van der Waals surface area contributed by atoms with Crippen LogP contribution in [0.4, 0.5) is 0 Å². The molecule has 0 unspecified atom stereocenters. The lowest BCUT2D eigenvalue weighted by Crippen LogP contribution is -2.35. The van der Waals surface area contributed by atoms with Gasteiger partial charge in [0.1, 0.15) is 13.2 Å². The molecule has 0 bridgehead atoms. The fraction of sp³-hybridized carbons (Fsp3) is 0.841. The van der Waals surface area contributed by atoms with Crippen molar-refractivity contribution in [2.45, 2.75) is 181 Å². The van der Waals surface area contributed by atoms with Crippen LogP contribution in [0.5, 0.6) is 0 Å². The highest BCUT2D eigenvalue weighted by atomic mass is 16.5. The highest BCUT2D eigenvalue weighted by Crippen LogP contribution is 2.34. The van der Waals surface area contributed by atoms with Crippen molar-refractivity contribution in [1.29, 1.82) is 0 Å². The summed E-state index contributed by atoms with van der Waals surface area (Å²) >= 11 is 0. The van der Waals surface area contributed by atoms with Crippen LogP contribution in [0.15, 0.2) is 24.3 Å². The van der Waals surface area contributed by atoms with E-state index in [2.05, 4.69) is 45.0 Å². The molecule has 0 heterocycles. The Balaban J connectivity index is 2.24. The van der Waals surface area contributed by atoms with Gasteiger partial charge in [0.25, 0.3) is 0 Å². The Kier molecular flexibility index (Phi) is 30.9. The second-order valence-electron chi connectivity index (χ2n) is 15.4. The molecule has 7 nitrogen and oxygen atoms in total. The summed E-state index contributed by atoms with van der Waals surface area (Å²) in [5.74, 6) is 0.977. The van der Waals surface area contributed by atoms with Gasteiger partial charge in [0.15, 0.2) is 0 Å². The van der Waals surface area contributed by atoms with Crippen molar-refractivity contribution in [3.05, 3.63) is 24.3 Å². The predicted molar refractivity (Wildman–Crippen MR) is 212 cm³/mol. The minimum atomic E-state index is -0.107. The molecule has 1 aliphatic carbocycles. The summed E-state index contributed by atoms with van der Waals surface area (Å²) in [5, 5.41) is 0. The van der Waals surface area contributed by atoms with Crippen LogP contribution in [-0.2, 0) is 28.6 Å². The summed E-state index contributed by atoms with van der Waals surface area (Å²) in [4.78, 5) is 39.5. The molecule has 0 saturated heterocycles. The van der Waals surface area contributed by atoms with Gasteiger partial charge >= 0.3 is 17.9 Å². The molecule has 0 aromatic carbocycles. The average molecular weight is 718 g/mol. The van der Waals surface area contributed by atoms with E-state index in [-0.39, 0.29) is 23.8 Å². The number of ether oxygens (including phenoxy) is 3.